The Morgan fingerprint density at radius 2 is 2.45 bits per heavy atom. The van der Waals surface area contributed by atoms with Crippen molar-refractivity contribution in [3.05, 3.63) is 12.2 Å². The molecule has 0 aromatic rings. The Kier molecular flexibility index (Phi) is 2.65. The zero-order chi connectivity index (χ0) is 8.27. The van der Waals surface area contributed by atoms with Gasteiger partial charge in [0, 0.05) is 6.08 Å². The van der Waals surface area contributed by atoms with Gasteiger partial charge in [0.15, 0.2) is 0 Å². The Labute approximate surface area is 66.0 Å². The lowest BCUT2D eigenvalue weighted by atomic mass is 10.2. The van der Waals surface area contributed by atoms with Crippen LogP contribution < -0.4 is 0 Å². The van der Waals surface area contributed by atoms with Gasteiger partial charge in [0.2, 0.25) is 0 Å². The van der Waals surface area contributed by atoms with E-state index in [0.717, 1.165) is 6.42 Å². The Morgan fingerprint density at radius 1 is 1.73 bits per heavy atom. The molecule has 3 nitrogen and oxygen atoms in total. The first-order valence-electron chi connectivity index (χ1n) is 3.69. The van der Waals surface area contributed by atoms with Crippen molar-refractivity contribution in [2.45, 2.75) is 25.6 Å². The van der Waals surface area contributed by atoms with Gasteiger partial charge < -0.3 is 9.47 Å². The minimum absolute atomic E-state index is 0.138. The van der Waals surface area contributed by atoms with Crippen LogP contribution in [0.5, 0.6) is 0 Å². The van der Waals surface area contributed by atoms with E-state index in [-0.39, 0.29) is 12.1 Å². The third kappa shape index (κ3) is 2.35. The average molecular weight is 156 g/mol. The highest BCUT2D eigenvalue weighted by Crippen LogP contribution is 2.25. The van der Waals surface area contributed by atoms with Gasteiger partial charge in [-0.2, -0.15) is 0 Å². The van der Waals surface area contributed by atoms with Crippen LogP contribution in [0.1, 0.15) is 13.3 Å². The second-order valence-corrected chi connectivity index (χ2v) is 2.43. The van der Waals surface area contributed by atoms with E-state index in [2.05, 4.69) is 11.7 Å². The Balaban J connectivity index is 2.22. The minimum atomic E-state index is -0.324. The first-order chi connectivity index (χ1) is 5.27. The number of ether oxygens (including phenoxy) is 2. The zero-order valence-corrected chi connectivity index (χ0v) is 6.74. The molecule has 0 bridgehead atoms. The van der Waals surface area contributed by atoms with E-state index in [4.69, 9.17) is 4.74 Å². The lowest BCUT2D eigenvalue weighted by molar-refractivity contribution is -0.134. The minimum Gasteiger partial charge on any atom is -0.466 e. The van der Waals surface area contributed by atoms with Crippen LogP contribution in [-0.4, -0.2) is 25.3 Å². The summed E-state index contributed by atoms with van der Waals surface area (Å²) in [6, 6.07) is 0. The van der Waals surface area contributed by atoms with E-state index in [1.807, 2.05) is 0 Å². The van der Waals surface area contributed by atoms with Gasteiger partial charge >= 0.3 is 5.97 Å². The number of hydrogen-bond donors (Lipinski definition) is 0. The highest BCUT2D eigenvalue weighted by molar-refractivity contribution is 5.81. The first-order valence-corrected chi connectivity index (χ1v) is 3.69. The molecule has 3 heteroatoms. The first kappa shape index (κ1) is 8.27. The van der Waals surface area contributed by atoms with E-state index in [9.17, 15) is 4.79 Å². The van der Waals surface area contributed by atoms with Crippen LogP contribution in [0.4, 0.5) is 0 Å². The SMILES string of the molecule is CC[C@H]1O[C@H]1/C=C/C(=O)OC. The standard InChI is InChI=1S/C8H12O3/c1-3-6-7(11-6)4-5-8(9)10-2/h4-7H,3H2,1-2H3/b5-4+/t6-,7+/m1/s1. The topological polar surface area (TPSA) is 38.8 Å². The quantitative estimate of drug-likeness (QED) is 0.346. The maximum Gasteiger partial charge on any atom is 0.330 e. The maximum atomic E-state index is 10.6. The molecule has 1 aliphatic heterocycles. The largest absolute Gasteiger partial charge is 0.466 e. The lowest BCUT2D eigenvalue weighted by Crippen LogP contribution is -1.95. The second-order valence-electron chi connectivity index (χ2n) is 2.43. The molecule has 0 amide bonds. The highest BCUT2D eigenvalue weighted by Gasteiger charge is 2.34. The molecule has 1 saturated heterocycles. The molecule has 0 aromatic heterocycles. The molecule has 1 fully saturated rings. The van der Waals surface area contributed by atoms with Crippen LogP contribution in [-0.2, 0) is 14.3 Å². The molecule has 0 radical (unpaired) electrons. The van der Waals surface area contributed by atoms with Crippen molar-refractivity contribution in [1.29, 1.82) is 0 Å². The summed E-state index contributed by atoms with van der Waals surface area (Å²) in [7, 11) is 1.36. The Morgan fingerprint density at radius 3 is 2.91 bits per heavy atom. The van der Waals surface area contributed by atoms with Crippen molar-refractivity contribution in [2.24, 2.45) is 0 Å². The third-order valence-electron chi connectivity index (χ3n) is 1.65. The molecule has 0 spiro atoms. The summed E-state index contributed by atoms with van der Waals surface area (Å²) < 4.78 is 9.58. The van der Waals surface area contributed by atoms with Gasteiger partial charge in [0.1, 0.15) is 6.10 Å². The van der Waals surface area contributed by atoms with E-state index in [1.54, 1.807) is 6.08 Å². The summed E-state index contributed by atoms with van der Waals surface area (Å²) in [6.07, 6.45) is 4.59. The van der Waals surface area contributed by atoms with Crippen molar-refractivity contribution in [3.63, 3.8) is 0 Å². The molecule has 1 heterocycles. The van der Waals surface area contributed by atoms with E-state index < -0.39 is 0 Å². The predicted molar refractivity (Wildman–Crippen MR) is 40.1 cm³/mol. The van der Waals surface area contributed by atoms with Gasteiger partial charge in [-0.15, -0.1) is 0 Å². The predicted octanol–water partition coefficient (Wildman–Crippen LogP) is 0.893. The van der Waals surface area contributed by atoms with Crippen molar-refractivity contribution < 1.29 is 14.3 Å². The van der Waals surface area contributed by atoms with Crippen LogP contribution in [0.3, 0.4) is 0 Å². The van der Waals surface area contributed by atoms with Crippen LogP contribution in [0, 0.1) is 0 Å². The smallest absolute Gasteiger partial charge is 0.330 e. The summed E-state index contributed by atoms with van der Waals surface area (Å²) in [5.74, 6) is -0.324. The molecule has 62 valence electrons. The number of rotatable bonds is 3. The molecule has 0 aliphatic carbocycles. The molecule has 0 saturated carbocycles. The highest BCUT2D eigenvalue weighted by atomic mass is 16.6. The number of methoxy groups -OCH3 is 1. The molecule has 0 unspecified atom stereocenters. The fourth-order valence-corrected chi connectivity index (χ4v) is 0.896. The Bertz CT molecular complexity index is 174. The monoisotopic (exact) mass is 156 g/mol. The summed E-state index contributed by atoms with van der Waals surface area (Å²) >= 11 is 0. The van der Waals surface area contributed by atoms with Crippen molar-refractivity contribution in [3.8, 4) is 0 Å². The molecule has 2 atom stereocenters. The number of epoxide rings is 1. The van der Waals surface area contributed by atoms with Crippen molar-refractivity contribution >= 4 is 5.97 Å². The van der Waals surface area contributed by atoms with Gasteiger partial charge in [-0.3, -0.25) is 0 Å². The van der Waals surface area contributed by atoms with Gasteiger partial charge in [0.05, 0.1) is 13.2 Å². The molecular formula is C8H12O3. The number of carbonyl (C=O) groups is 1. The molecule has 0 aromatic carbocycles. The number of hydrogen-bond acceptors (Lipinski definition) is 3. The molecule has 11 heavy (non-hydrogen) atoms. The fourth-order valence-electron chi connectivity index (χ4n) is 0.896. The van der Waals surface area contributed by atoms with Gasteiger partial charge in [-0.1, -0.05) is 6.92 Å². The fraction of sp³-hybridized carbons (Fsp3) is 0.625. The van der Waals surface area contributed by atoms with Crippen molar-refractivity contribution in [1.82, 2.24) is 0 Å². The molecule has 1 rings (SSSR count). The van der Waals surface area contributed by atoms with Crippen LogP contribution >= 0.6 is 0 Å². The third-order valence-corrected chi connectivity index (χ3v) is 1.65. The van der Waals surface area contributed by atoms with Gasteiger partial charge in [-0.05, 0) is 12.5 Å². The number of carbonyl (C=O) groups excluding carboxylic acids is 1. The molecular weight excluding hydrogens is 144 g/mol. The average Bonchev–Trinajstić information content (AvgIpc) is 2.78. The summed E-state index contributed by atoms with van der Waals surface area (Å²) in [5, 5.41) is 0. The molecule has 1 aliphatic rings. The summed E-state index contributed by atoms with van der Waals surface area (Å²) in [5.41, 5.74) is 0. The van der Waals surface area contributed by atoms with Gasteiger partial charge in [0.25, 0.3) is 0 Å². The summed E-state index contributed by atoms with van der Waals surface area (Å²) in [4.78, 5) is 10.6. The second kappa shape index (κ2) is 3.53. The van der Waals surface area contributed by atoms with E-state index in [1.165, 1.54) is 13.2 Å². The van der Waals surface area contributed by atoms with Crippen LogP contribution in [0.2, 0.25) is 0 Å². The van der Waals surface area contributed by atoms with Crippen molar-refractivity contribution in [2.75, 3.05) is 7.11 Å². The normalized spacial score (nSPS) is 28.9. The van der Waals surface area contributed by atoms with E-state index >= 15 is 0 Å². The zero-order valence-electron chi connectivity index (χ0n) is 6.74. The van der Waals surface area contributed by atoms with Gasteiger partial charge in [-0.25, -0.2) is 4.79 Å². The Hall–Kier alpha value is -0.830. The maximum absolute atomic E-state index is 10.6. The lowest BCUT2D eigenvalue weighted by Gasteiger charge is -1.86. The number of esters is 1. The van der Waals surface area contributed by atoms with Crippen LogP contribution in [0.15, 0.2) is 12.2 Å². The van der Waals surface area contributed by atoms with Crippen LogP contribution in [0.25, 0.3) is 0 Å². The summed E-state index contributed by atoms with van der Waals surface area (Å²) in [6.45, 7) is 2.05. The molecule has 0 N–H and O–H groups in total. The van der Waals surface area contributed by atoms with E-state index in [0.29, 0.717) is 6.10 Å².